The van der Waals surface area contributed by atoms with Crippen LogP contribution in [0.2, 0.25) is 0 Å². The Labute approximate surface area is 106 Å². The van der Waals surface area contributed by atoms with Crippen molar-refractivity contribution in [2.75, 3.05) is 0 Å². The fourth-order valence-electron chi connectivity index (χ4n) is 2.48. The number of esters is 1. The molecule has 1 unspecified atom stereocenters. The Morgan fingerprint density at radius 1 is 1.24 bits per heavy atom. The van der Waals surface area contributed by atoms with E-state index >= 15 is 0 Å². The van der Waals surface area contributed by atoms with Crippen LogP contribution in [0.1, 0.15) is 72.1 Å². The van der Waals surface area contributed by atoms with Crippen molar-refractivity contribution in [2.24, 2.45) is 11.8 Å². The van der Waals surface area contributed by atoms with Crippen LogP contribution >= 0.6 is 0 Å². The summed E-state index contributed by atoms with van der Waals surface area (Å²) in [5.74, 6) is 0.950. The van der Waals surface area contributed by atoms with Crippen LogP contribution in [-0.4, -0.2) is 12.1 Å². The zero-order chi connectivity index (χ0) is 12.7. The second-order valence-electron chi connectivity index (χ2n) is 5.53. The molecule has 0 heterocycles. The van der Waals surface area contributed by atoms with Crippen LogP contribution in [-0.2, 0) is 9.53 Å². The van der Waals surface area contributed by atoms with Gasteiger partial charge in [0.2, 0.25) is 0 Å². The molecule has 0 N–H and O–H groups in total. The highest BCUT2D eigenvalue weighted by atomic mass is 16.5. The first kappa shape index (κ1) is 14.5. The van der Waals surface area contributed by atoms with Crippen molar-refractivity contribution < 1.29 is 9.53 Å². The third-order valence-electron chi connectivity index (χ3n) is 4.06. The highest BCUT2D eigenvalue weighted by molar-refractivity contribution is 5.72. The van der Waals surface area contributed by atoms with Crippen molar-refractivity contribution in [3.8, 4) is 0 Å². The molecule has 0 amide bonds. The zero-order valence-electron chi connectivity index (χ0n) is 11.7. The lowest BCUT2D eigenvalue weighted by Gasteiger charge is -2.29. The maximum Gasteiger partial charge on any atom is 0.308 e. The maximum absolute atomic E-state index is 11.7. The molecule has 0 bridgehead atoms. The van der Waals surface area contributed by atoms with Crippen LogP contribution in [0, 0.1) is 11.8 Å². The molecule has 0 aromatic rings. The summed E-state index contributed by atoms with van der Waals surface area (Å²) < 4.78 is 5.56. The first-order valence-corrected chi connectivity index (χ1v) is 7.37. The average molecular weight is 240 g/mol. The molecule has 0 radical (unpaired) electrons. The van der Waals surface area contributed by atoms with Crippen LogP contribution in [0.25, 0.3) is 0 Å². The molecule has 0 spiro atoms. The number of carbonyl (C=O) groups is 1. The molecule has 100 valence electrons. The van der Waals surface area contributed by atoms with E-state index in [1.54, 1.807) is 0 Å². The first-order valence-electron chi connectivity index (χ1n) is 7.37. The van der Waals surface area contributed by atoms with Gasteiger partial charge in [-0.3, -0.25) is 4.79 Å². The summed E-state index contributed by atoms with van der Waals surface area (Å²) in [5.41, 5.74) is 0. The highest BCUT2D eigenvalue weighted by Gasteiger charge is 2.24. The van der Waals surface area contributed by atoms with Crippen molar-refractivity contribution in [1.29, 1.82) is 0 Å². The van der Waals surface area contributed by atoms with Gasteiger partial charge in [0, 0.05) is 0 Å². The largest absolute Gasteiger partial charge is 0.462 e. The molecule has 2 heteroatoms. The predicted octanol–water partition coefficient (Wildman–Crippen LogP) is 4.32. The lowest BCUT2D eigenvalue weighted by molar-refractivity contribution is -0.155. The third-order valence-corrected chi connectivity index (χ3v) is 4.06. The van der Waals surface area contributed by atoms with Gasteiger partial charge in [0.15, 0.2) is 0 Å². The standard InChI is InChI=1S/C15H28O2/c1-4-6-7-13-8-10-14(11-9-13)17-15(16)12(3)5-2/h12-14H,4-11H2,1-3H3. The predicted molar refractivity (Wildman–Crippen MR) is 70.8 cm³/mol. The highest BCUT2D eigenvalue weighted by Crippen LogP contribution is 2.30. The Morgan fingerprint density at radius 2 is 1.88 bits per heavy atom. The normalized spacial score (nSPS) is 26.5. The molecule has 1 aliphatic carbocycles. The Balaban J connectivity index is 2.20. The van der Waals surface area contributed by atoms with E-state index in [-0.39, 0.29) is 18.0 Å². The quantitative estimate of drug-likeness (QED) is 0.646. The lowest BCUT2D eigenvalue weighted by Crippen LogP contribution is -2.27. The van der Waals surface area contributed by atoms with Gasteiger partial charge in [-0.2, -0.15) is 0 Å². The Bertz CT molecular complexity index is 217. The van der Waals surface area contributed by atoms with Gasteiger partial charge in [-0.15, -0.1) is 0 Å². The maximum atomic E-state index is 11.7. The molecule has 1 fully saturated rings. The fourth-order valence-corrected chi connectivity index (χ4v) is 2.48. The van der Waals surface area contributed by atoms with Crippen molar-refractivity contribution in [3.05, 3.63) is 0 Å². The average Bonchev–Trinajstić information content (AvgIpc) is 2.37. The number of hydrogen-bond acceptors (Lipinski definition) is 2. The SMILES string of the molecule is CCCCC1CCC(OC(=O)C(C)CC)CC1. The minimum Gasteiger partial charge on any atom is -0.462 e. The number of hydrogen-bond donors (Lipinski definition) is 0. The van der Waals surface area contributed by atoms with Gasteiger partial charge >= 0.3 is 5.97 Å². The monoisotopic (exact) mass is 240 g/mol. The molecular weight excluding hydrogens is 212 g/mol. The van der Waals surface area contributed by atoms with E-state index in [1.165, 1.54) is 32.1 Å². The van der Waals surface area contributed by atoms with Gasteiger partial charge in [-0.25, -0.2) is 0 Å². The minimum atomic E-state index is 0.00417. The second kappa shape index (κ2) is 7.73. The smallest absolute Gasteiger partial charge is 0.308 e. The topological polar surface area (TPSA) is 26.3 Å². The van der Waals surface area contributed by atoms with Gasteiger partial charge in [-0.1, -0.05) is 40.0 Å². The summed E-state index contributed by atoms with van der Waals surface area (Å²) >= 11 is 0. The van der Waals surface area contributed by atoms with E-state index in [0.29, 0.717) is 0 Å². The lowest BCUT2D eigenvalue weighted by atomic mass is 9.84. The van der Waals surface area contributed by atoms with E-state index < -0.39 is 0 Å². The van der Waals surface area contributed by atoms with Gasteiger partial charge < -0.3 is 4.74 Å². The summed E-state index contributed by atoms with van der Waals surface area (Å²) in [6, 6.07) is 0. The van der Waals surface area contributed by atoms with Crippen molar-refractivity contribution in [1.82, 2.24) is 0 Å². The van der Waals surface area contributed by atoms with E-state index in [1.807, 2.05) is 13.8 Å². The Morgan fingerprint density at radius 3 is 2.41 bits per heavy atom. The zero-order valence-corrected chi connectivity index (χ0v) is 11.7. The molecule has 1 atom stereocenters. The summed E-state index contributed by atoms with van der Waals surface area (Å²) in [5, 5.41) is 0. The van der Waals surface area contributed by atoms with Crippen LogP contribution < -0.4 is 0 Å². The van der Waals surface area contributed by atoms with Crippen LogP contribution in [0.15, 0.2) is 0 Å². The molecule has 2 nitrogen and oxygen atoms in total. The van der Waals surface area contributed by atoms with Gasteiger partial charge in [-0.05, 0) is 38.0 Å². The Kier molecular flexibility index (Phi) is 6.61. The summed E-state index contributed by atoms with van der Waals surface area (Å²) in [6.07, 6.45) is 9.75. The van der Waals surface area contributed by atoms with E-state index in [2.05, 4.69) is 6.92 Å². The van der Waals surface area contributed by atoms with Crippen molar-refractivity contribution >= 4 is 5.97 Å². The summed E-state index contributed by atoms with van der Waals surface area (Å²) in [7, 11) is 0. The van der Waals surface area contributed by atoms with E-state index in [0.717, 1.165) is 25.2 Å². The molecule has 1 rings (SSSR count). The molecule has 1 saturated carbocycles. The van der Waals surface area contributed by atoms with Gasteiger partial charge in [0.05, 0.1) is 5.92 Å². The number of ether oxygens (including phenoxy) is 1. The van der Waals surface area contributed by atoms with Crippen LogP contribution in [0.5, 0.6) is 0 Å². The molecule has 1 aliphatic rings. The van der Waals surface area contributed by atoms with E-state index in [4.69, 9.17) is 4.74 Å². The molecule has 0 aromatic carbocycles. The third kappa shape index (κ3) is 5.10. The minimum absolute atomic E-state index is 0.00417. The number of rotatable bonds is 6. The van der Waals surface area contributed by atoms with Crippen molar-refractivity contribution in [3.63, 3.8) is 0 Å². The van der Waals surface area contributed by atoms with Crippen molar-refractivity contribution in [2.45, 2.75) is 78.2 Å². The molecular formula is C15H28O2. The van der Waals surface area contributed by atoms with Crippen LogP contribution in [0.4, 0.5) is 0 Å². The van der Waals surface area contributed by atoms with Crippen LogP contribution in [0.3, 0.4) is 0 Å². The molecule has 17 heavy (non-hydrogen) atoms. The molecule has 0 aromatic heterocycles. The second-order valence-corrected chi connectivity index (χ2v) is 5.53. The van der Waals surface area contributed by atoms with Gasteiger partial charge in [0.25, 0.3) is 0 Å². The molecule has 0 saturated heterocycles. The molecule has 0 aliphatic heterocycles. The number of unbranched alkanes of at least 4 members (excludes halogenated alkanes) is 1. The number of carbonyl (C=O) groups excluding carboxylic acids is 1. The summed E-state index contributed by atoms with van der Waals surface area (Å²) in [4.78, 5) is 11.7. The van der Waals surface area contributed by atoms with E-state index in [9.17, 15) is 4.79 Å². The first-order chi connectivity index (χ1) is 8.17. The fraction of sp³-hybridized carbons (Fsp3) is 0.933. The summed E-state index contributed by atoms with van der Waals surface area (Å²) in [6.45, 7) is 6.24. The van der Waals surface area contributed by atoms with Gasteiger partial charge in [0.1, 0.15) is 6.10 Å². The Hall–Kier alpha value is -0.530.